The molecule has 28 heavy (non-hydrogen) atoms. The van der Waals surface area contributed by atoms with Gasteiger partial charge < -0.3 is 9.47 Å². The fourth-order valence-electron chi connectivity index (χ4n) is 2.42. The van der Waals surface area contributed by atoms with Gasteiger partial charge >= 0.3 is 0 Å². The Balaban J connectivity index is 1.80. The number of aliphatic imine (C=N–C) groups is 1. The summed E-state index contributed by atoms with van der Waals surface area (Å²) in [5.41, 5.74) is 1.41. The van der Waals surface area contributed by atoms with Crippen molar-refractivity contribution in [1.29, 1.82) is 0 Å². The van der Waals surface area contributed by atoms with Crippen LogP contribution in [0.2, 0.25) is 10.0 Å². The van der Waals surface area contributed by atoms with Gasteiger partial charge in [0.2, 0.25) is 5.97 Å². The number of hydrogen-bond donors (Lipinski definition) is 0. The number of rotatable bonds is 7. The summed E-state index contributed by atoms with van der Waals surface area (Å²) in [6.45, 7) is 0.393. The minimum absolute atomic E-state index is 0.117. The molecule has 1 aromatic carbocycles. The highest BCUT2D eigenvalue weighted by Gasteiger charge is 2.12. The van der Waals surface area contributed by atoms with Gasteiger partial charge in [-0.3, -0.25) is 9.97 Å². The Hall–Kier alpha value is -2.70. The molecule has 0 aliphatic rings. The highest BCUT2D eigenvalue weighted by Crippen LogP contribution is 2.33. The molecular weight excluding hydrogens is 404 g/mol. The van der Waals surface area contributed by atoms with E-state index in [-0.39, 0.29) is 21.3 Å². The summed E-state index contributed by atoms with van der Waals surface area (Å²) in [6.07, 6.45) is 6.81. The van der Waals surface area contributed by atoms with Gasteiger partial charge in [0.1, 0.15) is 5.69 Å². The number of aromatic nitrogens is 2. The van der Waals surface area contributed by atoms with Crippen LogP contribution in [0.25, 0.3) is 0 Å². The molecule has 0 radical (unpaired) electrons. The lowest BCUT2D eigenvalue weighted by molar-refractivity contribution is 0.297. The summed E-state index contributed by atoms with van der Waals surface area (Å²) in [5.74, 6) is 0.147. The molecule has 0 bridgehead atoms. The second kappa shape index (κ2) is 9.48. The number of benzene rings is 1. The van der Waals surface area contributed by atoms with E-state index in [0.717, 1.165) is 5.56 Å². The predicted octanol–water partition coefficient (Wildman–Crippen LogP) is 5.46. The zero-order valence-corrected chi connectivity index (χ0v) is 16.4. The van der Waals surface area contributed by atoms with Crippen LogP contribution in [0.1, 0.15) is 11.1 Å². The number of hydrogen-bond acceptors (Lipinski definition) is 5. The van der Waals surface area contributed by atoms with E-state index < -0.39 is 5.97 Å². The third-order valence-corrected chi connectivity index (χ3v) is 4.39. The van der Waals surface area contributed by atoms with E-state index in [0.29, 0.717) is 24.5 Å². The van der Waals surface area contributed by atoms with E-state index in [9.17, 15) is 4.39 Å². The minimum Gasteiger partial charge on any atom is -0.493 e. The van der Waals surface area contributed by atoms with Gasteiger partial charge in [-0.15, -0.1) is 0 Å². The maximum Gasteiger partial charge on any atom is 0.220 e. The third-order valence-electron chi connectivity index (χ3n) is 3.84. The molecule has 2 heterocycles. The average Bonchev–Trinajstić information content (AvgIpc) is 2.71. The lowest BCUT2D eigenvalue weighted by atomic mass is 10.2. The van der Waals surface area contributed by atoms with Gasteiger partial charge in [-0.05, 0) is 35.9 Å². The Kier molecular flexibility index (Phi) is 6.79. The topological polar surface area (TPSA) is 56.6 Å². The first kappa shape index (κ1) is 20.0. The SMILES string of the molecule is COc1ccc(/C(F)=N/c2c(Cl)cncc2Cl)cc1OCCc1ccncc1. The van der Waals surface area contributed by atoms with Gasteiger partial charge in [0.25, 0.3) is 0 Å². The van der Waals surface area contributed by atoms with Crippen LogP contribution in [0.3, 0.4) is 0 Å². The van der Waals surface area contributed by atoms with E-state index >= 15 is 0 Å². The molecular formula is C20H16Cl2FN3O2. The second-order valence-corrected chi connectivity index (χ2v) is 6.49. The maximum atomic E-state index is 14.7. The van der Waals surface area contributed by atoms with Crippen LogP contribution in [0.4, 0.5) is 10.1 Å². The van der Waals surface area contributed by atoms with Crippen LogP contribution < -0.4 is 9.47 Å². The molecule has 0 amide bonds. The van der Waals surface area contributed by atoms with Crippen molar-refractivity contribution in [2.24, 2.45) is 4.99 Å². The van der Waals surface area contributed by atoms with Crippen LogP contribution in [0.15, 0.2) is 60.1 Å². The summed E-state index contributed by atoms with van der Waals surface area (Å²) in [4.78, 5) is 11.7. The molecule has 0 fully saturated rings. The molecule has 2 aromatic heterocycles. The maximum absolute atomic E-state index is 14.7. The van der Waals surface area contributed by atoms with E-state index in [2.05, 4.69) is 15.0 Å². The first-order valence-corrected chi connectivity index (χ1v) is 9.07. The quantitative estimate of drug-likeness (QED) is 0.477. The van der Waals surface area contributed by atoms with Gasteiger partial charge in [-0.25, -0.2) is 4.99 Å². The van der Waals surface area contributed by atoms with Crippen molar-refractivity contribution >= 4 is 34.9 Å². The van der Waals surface area contributed by atoms with E-state index in [1.54, 1.807) is 18.5 Å². The molecule has 144 valence electrons. The van der Waals surface area contributed by atoms with Crippen LogP contribution in [0, 0.1) is 0 Å². The number of nitrogens with zero attached hydrogens (tertiary/aromatic N) is 3. The molecule has 3 aromatic rings. The fourth-order valence-corrected chi connectivity index (χ4v) is 2.87. The van der Waals surface area contributed by atoms with Crippen molar-refractivity contribution < 1.29 is 13.9 Å². The molecule has 3 rings (SSSR count). The smallest absolute Gasteiger partial charge is 0.220 e. The average molecular weight is 420 g/mol. The van der Waals surface area contributed by atoms with Gasteiger partial charge in [0.15, 0.2) is 11.5 Å². The third kappa shape index (κ3) is 4.97. The van der Waals surface area contributed by atoms with E-state index in [4.69, 9.17) is 32.7 Å². The Labute approximate surface area is 171 Å². The van der Waals surface area contributed by atoms with Crippen LogP contribution in [-0.2, 0) is 6.42 Å². The zero-order chi connectivity index (χ0) is 19.9. The summed E-state index contributed by atoms with van der Waals surface area (Å²) >= 11 is 12.0. The monoisotopic (exact) mass is 419 g/mol. The standard InChI is InChI=1S/C20H16Cl2FN3O2/c1-27-17-3-2-14(20(23)26-19-15(21)11-25-12-16(19)22)10-18(17)28-9-6-13-4-7-24-8-5-13/h2-5,7-8,10-12H,6,9H2,1H3/b26-20-. The molecule has 5 nitrogen and oxygen atoms in total. The summed E-state index contributed by atoms with van der Waals surface area (Å²) in [6, 6.07) is 8.49. The molecule has 0 saturated carbocycles. The zero-order valence-electron chi connectivity index (χ0n) is 14.9. The summed E-state index contributed by atoms with van der Waals surface area (Å²) < 4.78 is 25.8. The Morgan fingerprint density at radius 3 is 2.43 bits per heavy atom. The molecule has 0 spiro atoms. The molecule has 0 saturated heterocycles. The lowest BCUT2D eigenvalue weighted by Gasteiger charge is -2.12. The molecule has 0 aliphatic heterocycles. The Morgan fingerprint density at radius 2 is 1.75 bits per heavy atom. The second-order valence-electron chi connectivity index (χ2n) is 5.67. The van der Waals surface area contributed by atoms with Gasteiger partial charge in [0, 0.05) is 36.8 Å². The first-order valence-electron chi connectivity index (χ1n) is 8.32. The highest BCUT2D eigenvalue weighted by molar-refractivity contribution is 6.38. The van der Waals surface area contributed by atoms with Crippen LogP contribution in [-0.4, -0.2) is 29.7 Å². The Bertz CT molecular complexity index is 964. The molecule has 0 aliphatic carbocycles. The van der Waals surface area contributed by atoms with Crippen molar-refractivity contribution in [3.63, 3.8) is 0 Å². The van der Waals surface area contributed by atoms with Crippen LogP contribution >= 0.6 is 23.2 Å². The van der Waals surface area contributed by atoms with E-state index in [1.807, 2.05) is 12.1 Å². The van der Waals surface area contributed by atoms with Crippen molar-refractivity contribution in [2.75, 3.05) is 13.7 Å². The number of pyridine rings is 2. The first-order chi connectivity index (χ1) is 13.6. The molecule has 0 unspecified atom stereocenters. The van der Waals surface area contributed by atoms with Crippen molar-refractivity contribution in [1.82, 2.24) is 9.97 Å². The van der Waals surface area contributed by atoms with E-state index in [1.165, 1.54) is 31.6 Å². The minimum atomic E-state index is -0.753. The van der Waals surface area contributed by atoms with Crippen molar-refractivity contribution in [3.05, 3.63) is 76.3 Å². The molecule has 8 heteroatoms. The van der Waals surface area contributed by atoms with Crippen LogP contribution in [0.5, 0.6) is 11.5 Å². The largest absolute Gasteiger partial charge is 0.493 e. The summed E-state index contributed by atoms with van der Waals surface area (Å²) in [7, 11) is 1.52. The molecule has 0 atom stereocenters. The number of ether oxygens (including phenoxy) is 2. The van der Waals surface area contributed by atoms with Gasteiger partial charge in [-0.2, -0.15) is 4.39 Å². The number of methoxy groups -OCH3 is 1. The normalized spacial score (nSPS) is 11.4. The fraction of sp³-hybridized carbons (Fsp3) is 0.150. The highest BCUT2D eigenvalue weighted by atomic mass is 35.5. The predicted molar refractivity (Wildman–Crippen MR) is 108 cm³/mol. The lowest BCUT2D eigenvalue weighted by Crippen LogP contribution is -2.04. The van der Waals surface area contributed by atoms with Gasteiger partial charge in [0.05, 0.1) is 23.8 Å². The van der Waals surface area contributed by atoms with Crippen molar-refractivity contribution in [3.8, 4) is 11.5 Å². The summed E-state index contributed by atoms with van der Waals surface area (Å²) in [5, 5.41) is 0.315. The number of halogens is 3. The molecule has 0 N–H and O–H groups in total. The van der Waals surface area contributed by atoms with Gasteiger partial charge in [-0.1, -0.05) is 23.2 Å². The Morgan fingerprint density at radius 1 is 1.04 bits per heavy atom. The van der Waals surface area contributed by atoms with Crippen molar-refractivity contribution in [2.45, 2.75) is 6.42 Å².